The summed E-state index contributed by atoms with van der Waals surface area (Å²) >= 11 is 0. The molecule has 3 aromatic carbocycles. The lowest BCUT2D eigenvalue weighted by Gasteiger charge is -2.26. The first-order valence-electron chi connectivity index (χ1n) is 10.6. The standard InChI is InChI=1S/C25H28N2O6S/c1-19-9-14-24(32-3)23(17-19)27(34(29,30)22-7-5-4-6-8-22)18-25(28)26-15-16-33-21-12-10-20(31-2)11-13-21/h4-14,17H,15-16,18H2,1-3H3,(H,26,28). The Hall–Kier alpha value is -3.72. The quantitative estimate of drug-likeness (QED) is 0.419. The molecule has 0 radical (unpaired) electrons. The fourth-order valence-corrected chi connectivity index (χ4v) is 4.68. The zero-order valence-electron chi connectivity index (χ0n) is 19.4. The maximum Gasteiger partial charge on any atom is 0.264 e. The van der Waals surface area contributed by atoms with Crippen molar-refractivity contribution in [2.24, 2.45) is 0 Å². The number of carbonyl (C=O) groups is 1. The Morgan fingerprint density at radius 3 is 2.24 bits per heavy atom. The van der Waals surface area contributed by atoms with Gasteiger partial charge in [-0.15, -0.1) is 0 Å². The summed E-state index contributed by atoms with van der Waals surface area (Å²) in [5.74, 6) is 1.22. The van der Waals surface area contributed by atoms with Crippen LogP contribution in [-0.4, -0.2) is 48.2 Å². The molecule has 0 saturated heterocycles. The summed E-state index contributed by atoms with van der Waals surface area (Å²) in [4.78, 5) is 12.8. The van der Waals surface area contributed by atoms with E-state index >= 15 is 0 Å². The van der Waals surface area contributed by atoms with Gasteiger partial charge in [0, 0.05) is 0 Å². The molecule has 3 aromatic rings. The number of carbonyl (C=O) groups excluding carboxylic acids is 1. The molecule has 34 heavy (non-hydrogen) atoms. The molecule has 0 atom stereocenters. The summed E-state index contributed by atoms with van der Waals surface area (Å²) in [5, 5.41) is 2.72. The first-order chi connectivity index (χ1) is 16.3. The third-order valence-corrected chi connectivity index (χ3v) is 6.75. The Morgan fingerprint density at radius 1 is 0.912 bits per heavy atom. The van der Waals surface area contributed by atoms with Gasteiger partial charge in [-0.1, -0.05) is 24.3 Å². The minimum Gasteiger partial charge on any atom is -0.497 e. The van der Waals surface area contributed by atoms with Crippen molar-refractivity contribution in [3.05, 3.63) is 78.4 Å². The van der Waals surface area contributed by atoms with Crippen LogP contribution in [-0.2, 0) is 14.8 Å². The van der Waals surface area contributed by atoms with Crippen LogP contribution in [0, 0.1) is 6.92 Å². The number of amides is 1. The zero-order valence-corrected chi connectivity index (χ0v) is 20.2. The monoisotopic (exact) mass is 484 g/mol. The van der Waals surface area contributed by atoms with E-state index in [4.69, 9.17) is 14.2 Å². The van der Waals surface area contributed by atoms with Crippen LogP contribution in [0.3, 0.4) is 0 Å². The molecule has 0 aromatic heterocycles. The molecule has 0 aliphatic rings. The van der Waals surface area contributed by atoms with Crippen molar-refractivity contribution >= 4 is 21.6 Å². The maximum absolute atomic E-state index is 13.5. The van der Waals surface area contributed by atoms with Gasteiger partial charge < -0.3 is 19.5 Å². The SMILES string of the molecule is COc1ccc(OCCNC(=O)CN(c2cc(C)ccc2OC)S(=O)(=O)c2ccccc2)cc1. The Bertz CT molecular complexity index is 1200. The molecule has 0 spiro atoms. The van der Waals surface area contributed by atoms with Gasteiger partial charge in [-0.25, -0.2) is 8.42 Å². The predicted octanol–water partition coefficient (Wildman–Crippen LogP) is 3.40. The average Bonchev–Trinajstić information content (AvgIpc) is 2.86. The summed E-state index contributed by atoms with van der Waals surface area (Å²) in [6, 6.07) is 20.2. The number of ether oxygens (including phenoxy) is 3. The van der Waals surface area contributed by atoms with Gasteiger partial charge in [0.25, 0.3) is 10.0 Å². The normalized spacial score (nSPS) is 10.9. The molecule has 0 bridgehead atoms. The van der Waals surface area contributed by atoms with E-state index in [9.17, 15) is 13.2 Å². The van der Waals surface area contributed by atoms with E-state index in [2.05, 4.69) is 5.32 Å². The number of nitrogens with zero attached hydrogens (tertiary/aromatic N) is 1. The third-order valence-electron chi connectivity index (χ3n) is 4.97. The highest BCUT2D eigenvalue weighted by Crippen LogP contribution is 2.33. The van der Waals surface area contributed by atoms with Crippen LogP contribution in [0.4, 0.5) is 5.69 Å². The highest BCUT2D eigenvalue weighted by atomic mass is 32.2. The summed E-state index contributed by atoms with van der Waals surface area (Å²) in [6.45, 7) is 1.85. The lowest BCUT2D eigenvalue weighted by atomic mass is 10.2. The number of methoxy groups -OCH3 is 2. The summed E-state index contributed by atoms with van der Waals surface area (Å²) in [6.07, 6.45) is 0. The Balaban J connectivity index is 1.74. The minimum atomic E-state index is -4.03. The van der Waals surface area contributed by atoms with E-state index in [0.717, 1.165) is 9.87 Å². The number of sulfonamides is 1. The van der Waals surface area contributed by atoms with Gasteiger partial charge >= 0.3 is 0 Å². The molecule has 9 heteroatoms. The van der Waals surface area contributed by atoms with Gasteiger partial charge in [0.1, 0.15) is 30.4 Å². The lowest BCUT2D eigenvalue weighted by Crippen LogP contribution is -2.42. The molecule has 180 valence electrons. The lowest BCUT2D eigenvalue weighted by molar-refractivity contribution is -0.119. The van der Waals surface area contributed by atoms with Gasteiger partial charge in [0.15, 0.2) is 0 Å². The summed E-state index contributed by atoms with van der Waals surface area (Å²) in [7, 11) is -0.991. The van der Waals surface area contributed by atoms with Gasteiger partial charge in [0.05, 0.1) is 31.3 Å². The molecule has 0 saturated carbocycles. The third kappa shape index (κ3) is 6.20. The minimum absolute atomic E-state index is 0.0780. The van der Waals surface area contributed by atoms with Crippen LogP contribution in [0.15, 0.2) is 77.7 Å². The number of hydrogen-bond donors (Lipinski definition) is 1. The number of benzene rings is 3. The van der Waals surface area contributed by atoms with Crippen molar-refractivity contribution in [1.82, 2.24) is 5.32 Å². The predicted molar refractivity (Wildman–Crippen MR) is 130 cm³/mol. The number of anilines is 1. The molecule has 0 fully saturated rings. The van der Waals surface area contributed by atoms with Gasteiger partial charge in [-0.2, -0.15) is 0 Å². The number of hydrogen-bond acceptors (Lipinski definition) is 6. The Labute approximate surface area is 200 Å². The van der Waals surface area contributed by atoms with Gasteiger partial charge in [-0.3, -0.25) is 9.10 Å². The molecule has 1 amide bonds. The average molecular weight is 485 g/mol. The van der Waals surface area contributed by atoms with Crippen LogP contribution in [0.5, 0.6) is 17.2 Å². The van der Waals surface area contributed by atoms with Crippen LogP contribution in [0.1, 0.15) is 5.56 Å². The van der Waals surface area contributed by atoms with E-state index in [-0.39, 0.29) is 23.7 Å². The van der Waals surface area contributed by atoms with Crippen molar-refractivity contribution in [2.75, 3.05) is 38.2 Å². The van der Waals surface area contributed by atoms with Gasteiger partial charge in [-0.05, 0) is 61.0 Å². The fraction of sp³-hybridized carbons (Fsp3) is 0.240. The van der Waals surface area contributed by atoms with E-state index < -0.39 is 22.5 Å². The second-order valence-electron chi connectivity index (χ2n) is 7.37. The number of aryl methyl sites for hydroxylation is 1. The van der Waals surface area contributed by atoms with Crippen LogP contribution < -0.4 is 23.8 Å². The molecular weight excluding hydrogens is 456 g/mol. The van der Waals surface area contributed by atoms with E-state index in [1.165, 1.54) is 19.2 Å². The van der Waals surface area contributed by atoms with Crippen molar-refractivity contribution in [2.45, 2.75) is 11.8 Å². The number of nitrogens with one attached hydrogen (secondary N) is 1. The van der Waals surface area contributed by atoms with Crippen LogP contribution in [0.2, 0.25) is 0 Å². The number of rotatable bonds is 11. The Kier molecular flexibility index (Phi) is 8.37. The molecule has 0 unspecified atom stereocenters. The van der Waals surface area contributed by atoms with Gasteiger partial charge in [0.2, 0.25) is 5.91 Å². The van der Waals surface area contributed by atoms with E-state index in [0.29, 0.717) is 17.2 Å². The van der Waals surface area contributed by atoms with E-state index in [1.54, 1.807) is 61.7 Å². The highest BCUT2D eigenvalue weighted by Gasteiger charge is 2.29. The topological polar surface area (TPSA) is 94.2 Å². The van der Waals surface area contributed by atoms with Crippen LogP contribution >= 0.6 is 0 Å². The second-order valence-corrected chi connectivity index (χ2v) is 9.24. The molecular formula is C25H28N2O6S. The highest BCUT2D eigenvalue weighted by molar-refractivity contribution is 7.92. The molecule has 1 N–H and O–H groups in total. The summed E-state index contributed by atoms with van der Waals surface area (Å²) < 4.78 is 44.1. The Morgan fingerprint density at radius 2 is 1.59 bits per heavy atom. The van der Waals surface area contributed by atoms with E-state index in [1.807, 2.05) is 13.0 Å². The molecule has 8 nitrogen and oxygen atoms in total. The second kappa shape index (κ2) is 11.4. The molecule has 3 rings (SSSR count). The fourth-order valence-electron chi connectivity index (χ4n) is 3.23. The summed E-state index contributed by atoms with van der Waals surface area (Å²) in [5.41, 5.74) is 1.12. The zero-order chi connectivity index (χ0) is 24.6. The van der Waals surface area contributed by atoms with Crippen LogP contribution in [0.25, 0.3) is 0 Å². The maximum atomic E-state index is 13.5. The smallest absolute Gasteiger partial charge is 0.264 e. The molecule has 0 aliphatic heterocycles. The molecule has 0 heterocycles. The van der Waals surface area contributed by atoms with Crippen molar-refractivity contribution in [1.29, 1.82) is 0 Å². The largest absolute Gasteiger partial charge is 0.497 e. The van der Waals surface area contributed by atoms with Crippen molar-refractivity contribution < 1.29 is 27.4 Å². The van der Waals surface area contributed by atoms with Crippen molar-refractivity contribution in [3.8, 4) is 17.2 Å². The first kappa shape index (κ1) is 24.9. The first-order valence-corrected chi connectivity index (χ1v) is 12.0. The molecule has 0 aliphatic carbocycles. The van der Waals surface area contributed by atoms with Crippen molar-refractivity contribution in [3.63, 3.8) is 0 Å².